The Hall–Kier alpha value is -2.66. The number of benzene rings is 2. The van der Waals surface area contributed by atoms with Gasteiger partial charge >= 0.3 is 6.09 Å². The second kappa shape index (κ2) is 7.07. The summed E-state index contributed by atoms with van der Waals surface area (Å²) in [6.45, 7) is 2.10. The Morgan fingerprint density at radius 2 is 1.65 bits per heavy atom. The number of nitrogens with zero attached hydrogens (tertiary/aromatic N) is 1. The van der Waals surface area contributed by atoms with Crippen LogP contribution in [0.4, 0.5) is 10.5 Å². The van der Waals surface area contributed by atoms with Crippen LogP contribution in [0.2, 0.25) is 0 Å². The molecule has 0 aliphatic rings. The van der Waals surface area contributed by atoms with Gasteiger partial charge < -0.3 is 4.74 Å². The Morgan fingerprint density at radius 1 is 1.04 bits per heavy atom. The first-order valence-corrected chi connectivity index (χ1v) is 8.11. The van der Waals surface area contributed by atoms with E-state index in [1.54, 1.807) is 6.92 Å². The van der Waals surface area contributed by atoms with E-state index in [4.69, 9.17) is 4.74 Å². The van der Waals surface area contributed by atoms with E-state index in [9.17, 15) is 4.79 Å². The van der Waals surface area contributed by atoms with Crippen molar-refractivity contribution in [3.63, 3.8) is 0 Å². The smallest absolute Gasteiger partial charge is 0.411 e. The number of ether oxygens (including phenoxy) is 1. The van der Waals surface area contributed by atoms with Crippen LogP contribution in [0.25, 0.3) is 21.7 Å². The van der Waals surface area contributed by atoms with Gasteiger partial charge in [0.2, 0.25) is 0 Å². The molecule has 5 heteroatoms. The van der Waals surface area contributed by atoms with Crippen LogP contribution in [0.3, 0.4) is 0 Å². The first kappa shape index (κ1) is 15.2. The lowest BCUT2D eigenvalue weighted by Crippen LogP contribution is -2.14. The molecule has 0 aliphatic heterocycles. The minimum atomic E-state index is -0.470. The summed E-state index contributed by atoms with van der Waals surface area (Å²) in [7, 11) is 0. The van der Waals surface area contributed by atoms with Crippen molar-refractivity contribution >= 4 is 23.3 Å². The fourth-order valence-electron chi connectivity index (χ4n) is 2.25. The lowest BCUT2D eigenvalue weighted by atomic mass is 10.1. The van der Waals surface area contributed by atoms with Gasteiger partial charge in [0.05, 0.1) is 17.2 Å². The zero-order valence-corrected chi connectivity index (χ0v) is 13.5. The zero-order valence-electron chi connectivity index (χ0n) is 12.7. The van der Waals surface area contributed by atoms with Crippen molar-refractivity contribution in [1.82, 2.24) is 4.37 Å². The van der Waals surface area contributed by atoms with E-state index in [0.717, 1.165) is 21.7 Å². The highest BCUT2D eigenvalue weighted by Crippen LogP contribution is 2.40. The number of hydrogen-bond acceptors (Lipinski definition) is 4. The van der Waals surface area contributed by atoms with Crippen LogP contribution in [0.5, 0.6) is 0 Å². The fraction of sp³-hybridized carbons (Fsp3) is 0.111. The molecule has 0 unspecified atom stereocenters. The van der Waals surface area contributed by atoms with Crippen LogP contribution in [-0.4, -0.2) is 17.1 Å². The van der Waals surface area contributed by atoms with Gasteiger partial charge in [-0.1, -0.05) is 60.7 Å². The van der Waals surface area contributed by atoms with Crippen LogP contribution in [0.1, 0.15) is 6.92 Å². The van der Waals surface area contributed by atoms with E-state index in [1.165, 1.54) is 11.5 Å². The van der Waals surface area contributed by atoms with Gasteiger partial charge in [-0.3, -0.25) is 5.32 Å². The van der Waals surface area contributed by atoms with E-state index in [-0.39, 0.29) is 0 Å². The SMILES string of the molecule is CCOC(=O)Nc1c(-c2ccccc2)nsc1-c1ccccc1. The highest BCUT2D eigenvalue weighted by Gasteiger charge is 2.19. The normalized spacial score (nSPS) is 10.3. The average Bonchev–Trinajstić information content (AvgIpc) is 3.00. The Morgan fingerprint density at radius 3 is 2.26 bits per heavy atom. The molecule has 23 heavy (non-hydrogen) atoms. The van der Waals surface area contributed by atoms with Gasteiger partial charge in [-0.15, -0.1) is 0 Å². The molecule has 3 aromatic rings. The van der Waals surface area contributed by atoms with Crippen LogP contribution >= 0.6 is 11.5 Å². The number of aromatic nitrogens is 1. The molecule has 4 nitrogen and oxygen atoms in total. The molecule has 0 aliphatic carbocycles. The lowest BCUT2D eigenvalue weighted by Gasteiger charge is -2.08. The maximum Gasteiger partial charge on any atom is 0.411 e. The quantitative estimate of drug-likeness (QED) is 0.731. The van der Waals surface area contributed by atoms with Crippen LogP contribution in [0.15, 0.2) is 60.7 Å². The second-order valence-corrected chi connectivity index (χ2v) is 5.59. The topological polar surface area (TPSA) is 51.2 Å². The molecule has 0 radical (unpaired) electrons. The summed E-state index contributed by atoms with van der Waals surface area (Å²) < 4.78 is 9.57. The van der Waals surface area contributed by atoms with E-state index in [1.807, 2.05) is 60.7 Å². The number of rotatable bonds is 4. The molecular weight excluding hydrogens is 308 g/mol. The van der Waals surface area contributed by atoms with Crippen molar-refractivity contribution in [3.8, 4) is 21.7 Å². The number of anilines is 1. The standard InChI is InChI=1S/C18H16N2O2S/c1-2-22-18(21)19-16-15(13-9-5-3-6-10-13)20-23-17(16)14-11-7-4-8-12-14/h3-12H,2H2,1H3,(H,19,21). The summed E-state index contributed by atoms with van der Waals surface area (Å²) >= 11 is 1.36. The van der Waals surface area contributed by atoms with E-state index in [2.05, 4.69) is 9.69 Å². The molecule has 0 fully saturated rings. The molecule has 0 atom stereocenters. The molecule has 0 saturated carbocycles. The Labute approximate surface area is 138 Å². The molecule has 1 N–H and O–H groups in total. The van der Waals surface area contributed by atoms with Gasteiger partial charge in [-0.05, 0) is 24.0 Å². The zero-order chi connectivity index (χ0) is 16.1. The third-order valence-electron chi connectivity index (χ3n) is 3.28. The Bertz CT molecular complexity index is 728. The molecule has 1 aromatic heterocycles. The molecule has 0 bridgehead atoms. The van der Waals surface area contributed by atoms with Crippen molar-refractivity contribution in [3.05, 3.63) is 60.7 Å². The molecule has 116 valence electrons. The van der Waals surface area contributed by atoms with Crippen LogP contribution < -0.4 is 5.32 Å². The highest BCUT2D eigenvalue weighted by molar-refractivity contribution is 7.10. The summed E-state index contributed by atoms with van der Waals surface area (Å²) in [5.41, 5.74) is 3.41. The average molecular weight is 324 g/mol. The fourth-order valence-corrected chi connectivity index (χ4v) is 3.11. The Kier molecular flexibility index (Phi) is 4.68. The highest BCUT2D eigenvalue weighted by atomic mass is 32.1. The van der Waals surface area contributed by atoms with E-state index >= 15 is 0 Å². The maximum absolute atomic E-state index is 11.9. The van der Waals surface area contributed by atoms with Crippen molar-refractivity contribution < 1.29 is 9.53 Å². The molecule has 3 rings (SSSR count). The maximum atomic E-state index is 11.9. The van der Waals surface area contributed by atoms with Gasteiger partial charge in [-0.25, -0.2) is 4.79 Å². The first-order valence-electron chi connectivity index (χ1n) is 7.34. The number of nitrogens with one attached hydrogen (secondary N) is 1. The van der Waals surface area contributed by atoms with Crippen LogP contribution in [-0.2, 0) is 4.74 Å². The molecule has 2 aromatic carbocycles. The van der Waals surface area contributed by atoms with Gasteiger partial charge in [0.25, 0.3) is 0 Å². The molecule has 1 heterocycles. The van der Waals surface area contributed by atoms with Crippen molar-refractivity contribution in [2.75, 3.05) is 11.9 Å². The minimum absolute atomic E-state index is 0.324. The number of carbonyl (C=O) groups is 1. The Balaban J connectivity index is 2.07. The van der Waals surface area contributed by atoms with Gasteiger partial charge in [-0.2, -0.15) is 4.37 Å². The monoisotopic (exact) mass is 324 g/mol. The first-order chi connectivity index (χ1) is 11.3. The van der Waals surface area contributed by atoms with E-state index < -0.39 is 6.09 Å². The molecule has 0 spiro atoms. The van der Waals surface area contributed by atoms with Crippen LogP contribution in [0, 0.1) is 0 Å². The molecular formula is C18H16N2O2S. The largest absolute Gasteiger partial charge is 0.450 e. The summed E-state index contributed by atoms with van der Waals surface area (Å²) in [6.07, 6.45) is -0.470. The second-order valence-electron chi connectivity index (χ2n) is 4.81. The third kappa shape index (κ3) is 3.40. The summed E-state index contributed by atoms with van der Waals surface area (Å²) in [5.74, 6) is 0. The van der Waals surface area contributed by atoms with Crippen molar-refractivity contribution in [2.24, 2.45) is 0 Å². The number of carbonyl (C=O) groups excluding carboxylic acids is 1. The van der Waals surface area contributed by atoms with Gasteiger partial charge in [0.1, 0.15) is 5.69 Å². The summed E-state index contributed by atoms with van der Waals surface area (Å²) in [4.78, 5) is 12.8. The van der Waals surface area contributed by atoms with Crippen molar-refractivity contribution in [2.45, 2.75) is 6.92 Å². The predicted octanol–water partition coefficient (Wildman–Crippen LogP) is 5.05. The molecule has 0 saturated heterocycles. The lowest BCUT2D eigenvalue weighted by molar-refractivity contribution is 0.168. The van der Waals surface area contributed by atoms with Gasteiger partial charge in [0, 0.05) is 5.56 Å². The number of amides is 1. The predicted molar refractivity (Wildman–Crippen MR) is 93.6 cm³/mol. The minimum Gasteiger partial charge on any atom is -0.450 e. The third-order valence-corrected chi connectivity index (χ3v) is 4.17. The summed E-state index contributed by atoms with van der Waals surface area (Å²) in [6, 6.07) is 19.7. The van der Waals surface area contributed by atoms with E-state index in [0.29, 0.717) is 12.3 Å². The molecule has 1 amide bonds. The number of hydrogen-bond donors (Lipinski definition) is 1. The van der Waals surface area contributed by atoms with Crippen molar-refractivity contribution in [1.29, 1.82) is 0 Å². The summed E-state index contributed by atoms with van der Waals surface area (Å²) in [5, 5.41) is 2.84. The van der Waals surface area contributed by atoms with Gasteiger partial charge in [0.15, 0.2) is 0 Å².